The van der Waals surface area contributed by atoms with Crippen molar-refractivity contribution in [3.8, 4) is 5.75 Å². The minimum Gasteiger partial charge on any atom is -0.481 e. The second kappa shape index (κ2) is 9.58. The van der Waals surface area contributed by atoms with E-state index >= 15 is 0 Å². The minimum absolute atomic E-state index is 0.274. The van der Waals surface area contributed by atoms with E-state index in [1.165, 1.54) is 0 Å². The number of aldehydes is 1. The summed E-state index contributed by atoms with van der Waals surface area (Å²) in [5, 5.41) is 3.24. The van der Waals surface area contributed by atoms with Crippen molar-refractivity contribution in [2.45, 2.75) is 13.0 Å². The largest absolute Gasteiger partial charge is 0.481 e. The highest BCUT2D eigenvalue weighted by Crippen LogP contribution is 2.22. The molecule has 26 heavy (non-hydrogen) atoms. The molecular formula is C19H18ClNO5. The molecule has 0 saturated heterocycles. The van der Waals surface area contributed by atoms with E-state index in [-0.39, 0.29) is 11.8 Å². The molecule has 1 N–H and O–H groups in total. The summed E-state index contributed by atoms with van der Waals surface area (Å²) >= 11 is 6.08. The fourth-order valence-electron chi connectivity index (χ4n) is 2.22. The molecular weight excluding hydrogens is 358 g/mol. The Morgan fingerprint density at radius 2 is 1.81 bits per heavy atom. The molecule has 7 heteroatoms. The molecule has 0 aliphatic rings. The molecule has 0 bridgehead atoms. The predicted molar refractivity (Wildman–Crippen MR) is 96.3 cm³/mol. The molecule has 0 aliphatic heterocycles. The Kier molecular flexibility index (Phi) is 7.17. The Morgan fingerprint density at radius 1 is 1.12 bits per heavy atom. The van der Waals surface area contributed by atoms with E-state index in [1.54, 1.807) is 49.4 Å². The van der Waals surface area contributed by atoms with Crippen LogP contribution in [0.1, 0.15) is 28.9 Å². The van der Waals surface area contributed by atoms with E-state index in [4.69, 9.17) is 21.1 Å². The van der Waals surface area contributed by atoms with E-state index in [1.807, 2.05) is 6.07 Å². The van der Waals surface area contributed by atoms with Crippen LogP contribution in [0, 0.1) is 0 Å². The average molecular weight is 376 g/mol. The van der Waals surface area contributed by atoms with Crippen molar-refractivity contribution in [3.63, 3.8) is 0 Å². The number of halogens is 1. The summed E-state index contributed by atoms with van der Waals surface area (Å²) in [5.41, 5.74) is 1.09. The smallest absolute Gasteiger partial charge is 0.344 e. The quantitative estimate of drug-likeness (QED) is 0.566. The van der Waals surface area contributed by atoms with Gasteiger partial charge < -0.3 is 14.8 Å². The predicted octanol–water partition coefficient (Wildman–Crippen LogP) is 2.95. The highest BCUT2D eigenvalue weighted by atomic mass is 35.5. The van der Waals surface area contributed by atoms with Crippen LogP contribution in [0.25, 0.3) is 0 Å². The number of esters is 1. The Balaban J connectivity index is 1.77. The van der Waals surface area contributed by atoms with Crippen LogP contribution in [-0.2, 0) is 14.3 Å². The van der Waals surface area contributed by atoms with Gasteiger partial charge in [-0.3, -0.25) is 9.59 Å². The summed E-state index contributed by atoms with van der Waals surface area (Å²) in [6.45, 7) is 0.935. The van der Waals surface area contributed by atoms with Gasteiger partial charge in [0.1, 0.15) is 5.75 Å². The Morgan fingerprint density at radius 3 is 2.54 bits per heavy atom. The van der Waals surface area contributed by atoms with Crippen LogP contribution in [0.3, 0.4) is 0 Å². The zero-order valence-corrected chi connectivity index (χ0v) is 14.9. The monoisotopic (exact) mass is 375 g/mol. The molecule has 0 unspecified atom stereocenters. The van der Waals surface area contributed by atoms with Crippen LogP contribution in [0.5, 0.6) is 5.75 Å². The third-order valence-electron chi connectivity index (χ3n) is 3.50. The van der Waals surface area contributed by atoms with Gasteiger partial charge >= 0.3 is 5.97 Å². The first-order valence-electron chi connectivity index (χ1n) is 7.87. The van der Waals surface area contributed by atoms with Gasteiger partial charge in [0.25, 0.3) is 5.91 Å². The summed E-state index contributed by atoms with van der Waals surface area (Å²) in [6.07, 6.45) is 0.629. The molecule has 0 saturated carbocycles. The molecule has 0 spiro atoms. The molecule has 0 fully saturated rings. The van der Waals surface area contributed by atoms with Gasteiger partial charge in [0.15, 0.2) is 19.5 Å². The van der Waals surface area contributed by atoms with Gasteiger partial charge in [0.2, 0.25) is 0 Å². The molecule has 0 aromatic heterocycles. The van der Waals surface area contributed by atoms with E-state index in [0.717, 1.165) is 5.56 Å². The molecule has 136 valence electrons. The summed E-state index contributed by atoms with van der Waals surface area (Å²) < 4.78 is 10.1. The highest BCUT2D eigenvalue weighted by molar-refractivity contribution is 6.31. The zero-order chi connectivity index (χ0) is 18.9. The molecule has 1 amide bonds. The lowest BCUT2D eigenvalue weighted by Crippen LogP contribution is -2.32. The Hall–Kier alpha value is -2.86. The van der Waals surface area contributed by atoms with E-state index in [2.05, 4.69) is 5.32 Å². The van der Waals surface area contributed by atoms with E-state index < -0.39 is 25.1 Å². The van der Waals surface area contributed by atoms with Crippen molar-refractivity contribution in [2.75, 3.05) is 13.2 Å². The van der Waals surface area contributed by atoms with Crippen molar-refractivity contribution in [3.05, 3.63) is 64.7 Å². The number of hydrogen-bond acceptors (Lipinski definition) is 5. The van der Waals surface area contributed by atoms with E-state index in [0.29, 0.717) is 16.9 Å². The van der Waals surface area contributed by atoms with Gasteiger partial charge in [0.05, 0.1) is 11.6 Å². The number of ether oxygens (including phenoxy) is 2. The second-order valence-corrected chi connectivity index (χ2v) is 5.82. The summed E-state index contributed by atoms with van der Waals surface area (Å²) in [4.78, 5) is 34.5. The fourth-order valence-corrected chi connectivity index (χ4v) is 2.52. The Labute approximate surface area is 156 Å². The number of amides is 1. The van der Waals surface area contributed by atoms with Crippen LogP contribution in [0.2, 0.25) is 5.02 Å². The first kappa shape index (κ1) is 19.5. The zero-order valence-electron chi connectivity index (χ0n) is 14.1. The van der Waals surface area contributed by atoms with Crippen molar-refractivity contribution < 1.29 is 23.9 Å². The maximum absolute atomic E-state index is 11.9. The molecule has 2 aromatic carbocycles. The summed E-state index contributed by atoms with van der Waals surface area (Å²) in [5.74, 6) is -0.901. The van der Waals surface area contributed by atoms with Gasteiger partial charge in [-0.2, -0.15) is 0 Å². The van der Waals surface area contributed by atoms with Crippen LogP contribution in [-0.4, -0.2) is 31.4 Å². The first-order valence-corrected chi connectivity index (χ1v) is 8.25. The van der Waals surface area contributed by atoms with Crippen molar-refractivity contribution in [1.29, 1.82) is 0 Å². The average Bonchev–Trinajstić information content (AvgIpc) is 2.65. The number of carbonyl (C=O) groups excluding carboxylic acids is 3. The minimum atomic E-state index is -0.716. The number of benzene rings is 2. The van der Waals surface area contributed by atoms with Gasteiger partial charge in [-0.25, -0.2) is 4.79 Å². The first-order chi connectivity index (χ1) is 12.5. The molecule has 2 aromatic rings. The number of hydrogen-bond donors (Lipinski definition) is 1. The third kappa shape index (κ3) is 5.60. The van der Waals surface area contributed by atoms with Gasteiger partial charge in [-0.15, -0.1) is 0 Å². The maximum Gasteiger partial charge on any atom is 0.344 e. The van der Waals surface area contributed by atoms with Crippen molar-refractivity contribution >= 4 is 29.8 Å². The van der Waals surface area contributed by atoms with Crippen LogP contribution < -0.4 is 10.1 Å². The summed E-state index contributed by atoms with van der Waals surface area (Å²) in [7, 11) is 0. The Bertz CT molecular complexity index is 793. The molecule has 2 rings (SSSR count). The van der Waals surface area contributed by atoms with Crippen LogP contribution >= 0.6 is 11.6 Å². The standard InChI is InChI=1S/C19H18ClNO5/c1-13(15-7-3-4-8-16(15)20)21-18(23)11-26-19(24)12-25-17-9-5-2-6-14(17)10-22/h2-10,13H,11-12H2,1H3,(H,21,23)/t13-/m1/s1. The van der Waals surface area contributed by atoms with Crippen LogP contribution in [0.4, 0.5) is 0 Å². The lowest BCUT2D eigenvalue weighted by molar-refractivity contribution is -0.150. The van der Waals surface area contributed by atoms with Gasteiger partial charge in [0, 0.05) is 5.02 Å². The highest BCUT2D eigenvalue weighted by Gasteiger charge is 2.14. The van der Waals surface area contributed by atoms with Crippen molar-refractivity contribution in [2.24, 2.45) is 0 Å². The number of rotatable bonds is 8. The molecule has 0 heterocycles. The number of nitrogens with one attached hydrogen (secondary N) is 1. The number of carbonyl (C=O) groups is 3. The fraction of sp³-hybridized carbons (Fsp3) is 0.211. The SMILES string of the molecule is C[C@@H](NC(=O)COC(=O)COc1ccccc1C=O)c1ccccc1Cl. The normalized spacial score (nSPS) is 11.3. The maximum atomic E-state index is 11.9. The third-order valence-corrected chi connectivity index (χ3v) is 3.85. The van der Waals surface area contributed by atoms with Gasteiger partial charge in [-0.05, 0) is 30.7 Å². The van der Waals surface area contributed by atoms with E-state index in [9.17, 15) is 14.4 Å². The van der Waals surface area contributed by atoms with Crippen LogP contribution in [0.15, 0.2) is 48.5 Å². The molecule has 1 atom stereocenters. The summed E-state index contributed by atoms with van der Waals surface area (Å²) in [6, 6.07) is 13.3. The lowest BCUT2D eigenvalue weighted by Gasteiger charge is -2.15. The number of para-hydroxylation sites is 1. The molecule has 0 aliphatic carbocycles. The second-order valence-electron chi connectivity index (χ2n) is 5.42. The van der Waals surface area contributed by atoms with Crippen molar-refractivity contribution in [1.82, 2.24) is 5.32 Å². The lowest BCUT2D eigenvalue weighted by atomic mass is 10.1. The molecule has 6 nitrogen and oxygen atoms in total. The topological polar surface area (TPSA) is 81.7 Å². The van der Waals surface area contributed by atoms with Gasteiger partial charge in [-0.1, -0.05) is 41.9 Å². The molecule has 0 radical (unpaired) electrons.